The number of hydrogen-bond acceptors (Lipinski definition) is 4. The summed E-state index contributed by atoms with van der Waals surface area (Å²) in [6.07, 6.45) is 22.3. The minimum absolute atomic E-state index is 0.0179. The van der Waals surface area contributed by atoms with Gasteiger partial charge in [-0.05, 0) is 32.1 Å². The van der Waals surface area contributed by atoms with Gasteiger partial charge in [-0.15, -0.1) is 0 Å². The minimum atomic E-state index is -0.0211. The summed E-state index contributed by atoms with van der Waals surface area (Å²) in [5, 5.41) is 0. The maximum atomic E-state index is 12.2. The van der Waals surface area contributed by atoms with Crippen molar-refractivity contribution in [2.24, 2.45) is 5.92 Å². The fourth-order valence-electron chi connectivity index (χ4n) is 3.99. The predicted octanol–water partition coefficient (Wildman–Crippen LogP) is 8.55. The molecule has 190 valence electrons. The van der Waals surface area contributed by atoms with Crippen molar-refractivity contribution in [2.45, 2.75) is 149 Å². The smallest absolute Gasteiger partial charge is 0.308 e. The van der Waals surface area contributed by atoms with E-state index in [4.69, 9.17) is 9.47 Å². The summed E-state index contributed by atoms with van der Waals surface area (Å²) in [5.74, 6) is 0.0841. The first-order chi connectivity index (χ1) is 15.7. The van der Waals surface area contributed by atoms with Crippen LogP contribution in [-0.2, 0) is 19.1 Å². The molecule has 0 N–H and O–H groups in total. The molecule has 0 fully saturated rings. The number of unbranched alkanes of at least 4 members (excludes halogenated alkanes) is 14. The minimum Gasteiger partial charge on any atom is -0.466 e. The molecular weight excluding hydrogens is 400 g/mol. The lowest BCUT2D eigenvalue weighted by molar-refractivity contribution is -0.149. The van der Waals surface area contributed by atoms with Gasteiger partial charge in [0.15, 0.2) is 0 Å². The van der Waals surface area contributed by atoms with E-state index < -0.39 is 0 Å². The highest BCUT2D eigenvalue weighted by molar-refractivity contribution is 5.72. The van der Waals surface area contributed by atoms with Crippen molar-refractivity contribution in [3.05, 3.63) is 0 Å². The van der Waals surface area contributed by atoms with Crippen LogP contribution in [0.1, 0.15) is 149 Å². The number of carbonyl (C=O) groups excluding carboxylic acids is 2. The molecule has 0 aliphatic rings. The van der Waals surface area contributed by atoms with Crippen LogP contribution in [0.4, 0.5) is 0 Å². The quantitative estimate of drug-likeness (QED) is 0.108. The Labute approximate surface area is 199 Å². The van der Waals surface area contributed by atoms with Gasteiger partial charge in [0.2, 0.25) is 0 Å². The Kier molecular flexibility index (Phi) is 23.8. The van der Waals surface area contributed by atoms with Gasteiger partial charge >= 0.3 is 11.9 Å². The van der Waals surface area contributed by atoms with E-state index in [1.54, 1.807) is 0 Å². The van der Waals surface area contributed by atoms with Crippen molar-refractivity contribution in [2.75, 3.05) is 13.2 Å². The molecule has 0 aromatic rings. The van der Waals surface area contributed by atoms with Gasteiger partial charge in [-0.1, -0.05) is 111 Å². The Morgan fingerprint density at radius 3 is 1.56 bits per heavy atom. The summed E-state index contributed by atoms with van der Waals surface area (Å²) in [4.78, 5) is 23.8. The number of carbonyl (C=O) groups is 2. The van der Waals surface area contributed by atoms with Crippen molar-refractivity contribution in [1.29, 1.82) is 0 Å². The van der Waals surface area contributed by atoms with Crippen LogP contribution in [0.2, 0.25) is 0 Å². The van der Waals surface area contributed by atoms with Gasteiger partial charge in [-0.2, -0.15) is 0 Å². The second-order valence-electron chi connectivity index (χ2n) is 9.34. The Balaban J connectivity index is 3.44. The molecule has 0 rings (SSSR count). The van der Waals surface area contributed by atoms with Gasteiger partial charge in [-0.3, -0.25) is 9.59 Å². The molecule has 4 heteroatoms. The lowest BCUT2D eigenvalue weighted by Gasteiger charge is -2.14. The Morgan fingerprint density at radius 2 is 1.03 bits per heavy atom. The zero-order valence-corrected chi connectivity index (χ0v) is 21.8. The number of rotatable bonds is 24. The predicted molar refractivity (Wildman–Crippen MR) is 135 cm³/mol. The van der Waals surface area contributed by atoms with E-state index in [9.17, 15) is 9.59 Å². The van der Waals surface area contributed by atoms with E-state index in [-0.39, 0.29) is 17.9 Å². The Hall–Kier alpha value is -1.06. The zero-order chi connectivity index (χ0) is 23.7. The van der Waals surface area contributed by atoms with Gasteiger partial charge < -0.3 is 9.47 Å². The van der Waals surface area contributed by atoms with Crippen molar-refractivity contribution in [1.82, 2.24) is 0 Å². The SMILES string of the molecule is CCCCCCOC(=O)CCCCCCCCCCCC(CC)C(=O)OCCCCCC. The third-order valence-electron chi connectivity index (χ3n) is 6.26. The van der Waals surface area contributed by atoms with Crippen molar-refractivity contribution in [3.8, 4) is 0 Å². The molecule has 1 atom stereocenters. The van der Waals surface area contributed by atoms with E-state index in [1.165, 1.54) is 64.2 Å². The summed E-state index contributed by atoms with van der Waals surface area (Å²) >= 11 is 0. The fraction of sp³-hybridized carbons (Fsp3) is 0.929. The molecule has 0 amide bonds. The second kappa shape index (κ2) is 24.6. The van der Waals surface area contributed by atoms with Crippen molar-refractivity contribution < 1.29 is 19.1 Å². The van der Waals surface area contributed by atoms with Crippen LogP contribution in [-0.4, -0.2) is 25.2 Å². The lowest BCUT2D eigenvalue weighted by atomic mass is 9.98. The molecule has 0 bridgehead atoms. The van der Waals surface area contributed by atoms with Gasteiger partial charge in [-0.25, -0.2) is 0 Å². The molecule has 1 unspecified atom stereocenters. The van der Waals surface area contributed by atoms with E-state index in [2.05, 4.69) is 20.8 Å². The fourth-order valence-corrected chi connectivity index (χ4v) is 3.99. The molecule has 0 aliphatic heterocycles. The van der Waals surface area contributed by atoms with Crippen LogP contribution in [0.25, 0.3) is 0 Å². The molecule has 0 saturated heterocycles. The van der Waals surface area contributed by atoms with Crippen LogP contribution >= 0.6 is 0 Å². The molecule has 0 aromatic heterocycles. The van der Waals surface area contributed by atoms with Gasteiger partial charge in [0.25, 0.3) is 0 Å². The summed E-state index contributed by atoms with van der Waals surface area (Å²) in [5.41, 5.74) is 0. The van der Waals surface area contributed by atoms with Crippen molar-refractivity contribution >= 4 is 11.9 Å². The molecular formula is C28H54O4. The lowest BCUT2D eigenvalue weighted by Crippen LogP contribution is -2.17. The first kappa shape index (κ1) is 30.9. The van der Waals surface area contributed by atoms with Crippen LogP contribution in [0, 0.1) is 5.92 Å². The highest BCUT2D eigenvalue weighted by atomic mass is 16.5. The largest absolute Gasteiger partial charge is 0.466 e. The van der Waals surface area contributed by atoms with Gasteiger partial charge in [0, 0.05) is 6.42 Å². The van der Waals surface area contributed by atoms with E-state index in [0.29, 0.717) is 19.6 Å². The first-order valence-electron chi connectivity index (χ1n) is 14.0. The molecule has 0 spiro atoms. The number of hydrogen-bond donors (Lipinski definition) is 0. The van der Waals surface area contributed by atoms with Gasteiger partial charge in [0.05, 0.1) is 19.1 Å². The molecule has 4 nitrogen and oxygen atoms in total. The Morgan fingerprint density at radius 1 is 0.562 bits per heavy atom. The topological polar surface area (TPSA) is 52.6 Å². The van der Waals surface area contributed by atoms with Crippen LogP contribution in [0.5, 0.6) is 0 Å². The maximum absolute atomic E-state index is 12.2. The molecule has 0 radical (unpaired) electrons. The molecule has 0 aromatic carbocycles. The monoisotopic (exact) mass is 454 g/mol. The summed E-state index contributed by atoms with van der Waals surface area (Å²) in [6.45, 7) is 7.66. The van der Waals surface area contributed by atoms with Crippen LogP contribution in [0.3, 0.4) is 0 Å². The van der Waals surface area contributed by atoms with E-state index in [1.807, 2.05) is 0 Å². The highest BCUT2D eigenvalue weighted by Gasteiger charge is 2.17. The third-order valence-corrected chi connectivity index (χ3v) is 6.26. The maximum Gasteiger partial charge on any atom is 0.308 e. The molecule has 0 heterocycles. The van der Waals surface area contributed by atoms with Crippen LogP contribution in [0.15, 0.2) is 0 Å². The van der Waals surface area contributed by atoms with E-state index >= 15 is 0 Å². The number of esters is 2. The standard InChI is InChI=1S/C28H54O4/c1-4-7-9-20-24-31-27(29)23-19-17-15-13-11-12-14-16-18-22-26(6-3)28(30)32-25-21-10-8-5-2/h26H,4-25H2,1-3H3. The summed E-state index contributed by atoms with van der Waals surface area (Å²) in [7, 11) is 0. The van der Waals surface area contributed by atoms with Crippen LogP contribution < -0.4 is 0 Å². The normalized spacial score (nSPS) is 12.0. The molecule has 32 heavy (non-hydrogen) atoms. The first-order valence-corrected chi connectivity index (χ1v) is 14.0. The number of ether oxygens (including phenoxy) is 2. The van der Waals surface area contributed by atoms with Gasteiger partial charge in [0.1, 0.15) is 0 Å². The molecule has 0 saturated carbocycles. The molecule has 0 aliphatic carbocycles. The average Bonchev–Trinajstić information content (AvgIpc) is 2.79. The summed E-state index contributed by atoms with van der Waals surface area (Å²) < 4.78 is 10.7. The highest BCUT2D eigenvalue weighted by Crippen LogP contribution is 2.18. The summed E-state index contributed by atoms with van der Waals surface area (Å²) in [6, 6.07) is 0. The third kappa shape index (κ3) is 20.8. The Bertz CT molecular complexity index is 422. The second-order valence-corrected chi connectivity index (χ2v) is 9.34. The van der Waals surface area contributed by atoms with Crippen molar-refractivity contribution in [3.63, 3.8) is 0 Å². The zero-order valence-electron chi connectivity index (χ0n) is 21.8. The average molecular weight is 455 g/mol. The van der Waals surface area contributed by atoms with E-state index in [0.717, 1.165) is 57.8 Å².